The van der Waals surface area contributed by atoms with Crippen LogP contribution in [0.3, 0.4) is 0 Å². The van der Waals surface area contributed by atoms with Crippen molar-refractivity contribution in [2.24, 2.45) is 0 Å². The summed E-state index contributed by atoms with van der Waals surface area (Å²) in [6.45, 7) is 4.67. The van der Waals surface area contributed by atoms with Gasteiger partial charge >= 0.3 is 0 Å². The van der Waals surface area contributed by atoms with Crippen LogP contribution >= 0.6 is 0 Å². The number of benzene rings is 6. The first-order valence-corrected chi connectivity index (χ1v) is 16.9. The van der Waals surface area contributed by atoms with E-state index >= 15 is 0 Å². The highest BCUT2D eigenvalue weighted by Crippen LogP contribution is 2.56. The molecule has 1 aliphatic rings. The maximum absolute atomic E-state index is 5.50. The monoisotopic (exact) mass is 612 g/mol. The van der Waals surface area contributed by atoms with Crippen molar-refractivity contribution in [2.75, 3.05) is 12.0 Å². The zero-order chi connectivity index (χ0) is 32.0. The molecule has 0 bridgehead atoms. The maximum atomic E-state index is 5.50. The van der Waals surface area contributed by atoms with Crippen molar-refractivity contribution in [3.8, 4) is 28.0 Å². The molecule has 0 amide bonds. The molecule has 0 saturated carbocycles. The number of fused-ring (bicyclic) bond motifs is 6. The number of para-hydroxylation sites is 3. The Morgan fingerprint density at radius 2 is 1.21 bits per heavy atom. The average molecular weight is 613 g/mol. The molecule has 0 fully saturated rings. The lowest BCUT2D eigenvalue weighted by Crippen LogP contribution is -2.25. The van der Waals surface area contributed by atoms with Crippen molar-refractivity contribution in [1.29, 1.82) is 0 Å². The van der Waals surface area contributed by atoms with Crippen molar-refractivity contribution in [1.82, 2.24) is 4.98 Å². The van der Waals surface area contributed by atoms with Crippen LogP contribution in [0.1, 0.15) is 50.7 Å². The summed E-state index contributed by atoms with van der Waals surface area (Å²) >= 11 is 0. The topological polar surface area (TPSA) is 28.3 Å². The lowest BCUT2D eigenvalue weighted by molar-refractivity contribution is 0.415. The normalized spacial score (nSPS) is 13.1. The molecule has 6 aromatic carbocycles. The third-order valence-electron chi connectivity index (χ3n) is 10.2. The number of nitrogens with zero attached hydrogens (tertiary/aromatic N) is 1. The number of methoxy groups -OCH3 is 1. The van der Waals surface area contributed by atoms with Crippen molar-refractivity contribution >= 4 is 38.9 Å². The van der Waals surface area contributed by atoms with E-state index in [1.165, 1.54) is 60.9 Å². The van der Waals surface area contributed by atoms with Gasteiger partial charge in [-0.2, -0.15) is 0 Å². The zero-order valence-electron chi connectivity index (χ0n) is 27.4. The molecular weight excluding hydrogens is 572 g/mol. The molecule has 0 saturated heterocycles. The van der Waals surface area contributed by atoms with Crippen LogP contribution in [0.25, 0.3) is 44.1 Å². The summed E-state index contributed by atoms with van der Waals surface area (Å²) < 4.78 is 5.50. The fraction of sp³-hybridized carbons (Fsp3) is 0.182. The third-order valence-corrected chi connectivity index (χ3v) is 10.2. The fourth-order valence-electron chi connectivity index (χ4n) is 8.18. The zero-order valence-corrected chi connectivity index (χ0v) is 27.4. The van der Waals surface area contributed by atoms with Crippen molar-refractivity contribution < 1.29 is 4.74 Å². The first kappa shape index (κ1) is 29.1. The van der Waals surface area contributed by atoms with Crippen molar-refractivity contribution in [3.63, 3.8) is 0 Å². The van der Waals surface area contributed by atoms with Gasteiger partial charge in [0, 0.05) is 44.3 Å². The van der Waals surface area contributed by atoms with Crippen LogP contribution in [0.2, 0.25) is 0 Å². The molecule has 3 nitrogen and oxygen atoms in total. The first-order chi connectivity index (χ1) is 23.1. The van der Waals surface area contributed by atoms with E-state index < -0.39 is 0 Å². The second-order valence-electron chi connectivity index (χ2n) is 12.8. The highest BCUT2D eigenvalue weighted by atomic mass is 16.5. The lowest BCUT2D eigenvalue weighted by Gasteiger charge is -2.33. The molecule has 1 aliphatic carbocycles. The summed E-state index contributed by atoms with van der Waals surface area (Å²) in [6.07, 6.45) is 4.45. The number of hydrogen-bond acceptors (Lipinski definition) is 2. The molecule has 232 valence electrons. The molecule has 0 radical (unpaired) electrons. The van der Waals surface area contributed by atoms with Crippen molar-refractivity contribution in [2.45, 2.75) is 44.9 Å². The van der Waals surface area contributed by atoms with Gasteiger partial charge in [-0.1, -0.05) is 99.5 Å². The molecule has 0 unspecified atom stereocenters. The maximum Gasteiger partial charge on any atom is 0.119 e. The minimum absolute atomic E-state index is 0.0587. The van der Waals surface area contributed by atoms with Crippen LogP contribution in [-0.4, -0.2) is 12.1 Å². The summed E-state index contributed by atoms with van der Waals surface area (Å²) in [5, 5.41) is 2.55. The van der Waals surface area contributed by atoms with Gasteiger partial charge in [-0.05, 0) is 101 Å². The van der Waals surface area contributed by atoms with Gasteiger partial charge in [-0.3, -0.25) is 0 Å². The fourth-order valence-corrected chi connectivity index (χ4v) is 8.18. The van der Waals surface area contributed by atoms with Gasteiger partial charge in [0.05, 0.1) is 12.6 Å². The van der Waals surface area contributed by atoms with Crippen LogP contribution in [0.4, 0.5) is 17.1 Å². The van der Waals surface area contributed by atoms with E-state index in [1.807, 2.05) is 12.1 Å². The predicted octanol–water partition coefficient (Wildman–Crippen LogP) is 12.3. The summed E-state index contributed by atoms with van der Waals surface area (Å²) in [6, 6.07) is 48.8. The number of rotatable bonds is 9. The third kappa shape index (κ3) is 4.72. The molecule has 7 aromatic rings. The number of H-pyrrole nitrogens is 1. The van der Waals surface area contributed by atoms with Gasteiger partial charge in [0.25, 0.3) is 0 Å². The number of anilines is 3. The Morgan fingerprint density at radius 1 is 0.574 bits per heavy atom. The molecule has 1 heterocycles. The number of hydrogen-bond donors (Lipinski definition) is 1. The highest BCUT2D eigenvalue weighted by molar-refractivity contribution is 6.12. The number of nitrogens with one attached hydrogen (secondary N) is 1. The average Bonchev–Trinajstić information content (AvgIpc) is 3.63. The van der Waals surface area contributed by atoms with Crippen LogP contribution in [0.15, 0.2) is 133 Å². The Balaban J connectivity index is 1.30. The molecule has 47 heavy (non-hydrogen) atoms. The summed E-state index contributed by atoms with van der Waals surface area (Å²) in [7, 11) is 1.72. The van der Waals surface area contributed by atoms with E-state index in [9.17, 15) is 0 Å². The summed E-state index contributed by atoms with van der Waals surface area (Å²) in [4.78, 5) is 6.11. The molecule has 0 spiro atoms. The second-order valence-corrected chi connectivity index (χ2v) is 12.8. The molecule has 1 N–H and O–H groups in total. The lowest BCUT2D eigenvalue weighted by atomic mass is 9.71. The molecular formula is C44H40N2O. The standard InChI is InChI=1S/C44H40N2O/c1-4-26-44(27-5-2)40-28-30(35-15-11-16-39-38-14-9-10-17-42(38)45-43(35)39)18-24-36(40)37-25-21-33(29-41(37)44)46(31-12-7-6-8-13-31)32-19-22-34(47-3)23-20-32/h6-25,28-29,45H,4-5,26-27H2,1-3H3. The molecule has 0 aliphatic heterocycles. The largest absolute Gasteiger partial charge is 0.497 e. The smallest absolute Gasteiger partial charge is 0.119 e. The van der Waals surface area contributed by atoms with Gasteiger partial charge in [0.1, 0.15) is 5.75 Å². The second kappa shape index (κ2) is 11.8. The van der Waals surface area contributed by atoms with E-state index in [0.29, 0.717) is 0 Å². The van der Waals surface area contributed by atoms with E-state index in [1.54, 1.807) is 7.11 Å². The number of aromatic nitrogens is 1. The van der Waals surface area contributed by atoms with Crippen molar-refractivity contribution in [3.05, 3.63) is 145 Å². The van der Waals surface area contributed by atoms with Crippen LogP contribution < -0.4 is 9.64 Å². The van der Waals surface area contributed by atoms with E-state index in [-0.39, 0.29) is 5.41 Å². The summed E-state index contributed by atoms with van der Waals surface area (Å²) in [5.41, 5.74) is 13.9. The number of ether oxygens (including phenoxy) is 1. The van der Waals surface area contributed by atoms with Gasteiger partial charge in [-0.15, -0.1) is 0 Å². The van der Waals surface area contributed by atoms with E-state index in [4.69, 9.17) is 4.74 Å². The molecule has 0 atom stereocenters. The van der Waals surface area contributed by atoms with Gasteiger partial charge in [0.15, 0.2) is 0 Å². The minimum Gasteiger partial charge on any atom is -0.497 e. The van der Waals surface area contributed by atoms with Crippen LogP contribution in [0.5, 0.6) is 5.75 Å². The first-order valence-electron chi connectivity index (χ1n) is 16.9. The van der Waals surface area contributed by atoms with Crippen LogP contribution in [0, 0.1) is 0 Å². The Labute approximate surface area is 277 Å². The molecule has 8 rings (SSSR count). The van der Waals surface area contributed by atoms with Crippen LogP contribution in [-0.2, 0) is 5.41 Å². The predicted molar refractivity (Wildman–Crippen MR) is 199 cm³/mol. The quantitative estimate of drug-likeness (QED) is 0.176. The molecule has 1 aromatic heterocycles. The minimum atomic E-state index is -0.0587. The Hall–Kier alpha value is -5.28. The van der Waals surface area contributed by atoms with Gasteiger partial charge < -0.3 is 14.6 Å². The Morgan fingerprint density at radius 3 is 1.96 bits per heavy atom. The molecule has 3 heteroatoms. The van der Waals surface area contributed by atoms with E-state index in [2.05, 4.69) is 145 Å². The van der Waals surface area contributed by atoms with Gasteiger partial charge in [-0.25, -0.2) is 0 Å². The number of aromatic amines is 1. The Bertz CT molecular complexity index is 2200. The Kier molecular flexibility index (Phi) is 7.33. The highest BCUT2D eigenvalue weighted by Gasteiger charge is 2.42. The van der Waals surface area contributed by atoms with Gasteiger partial charge in [0.2, 0.25) is 0 Å². The van der Waals surface area contributed by atoms with E-state index in [0.717, 1.165) is 42.8 Å². The SMILES string of the molecule is CCCC1(CCC)c2cc(-c3cccc4c3[nH]c3ccccc34)ccc2-c2ccc(N(c3ccccc3)c3ccc(OC)cc3)cc21. The summed E-state index contributed by atoms with van der Waals surface area (Å²) in [5.74, 6) is 0.856.